The zero-order valence-corrected chi connectivity index (χ0v) is 6.34. The first-order valence-electron chi connectivity index (χ1n) is 3.72. The summed E-state index contributed by atoms with van der Waals surface area (Å²) in [4.78, 5) is 0. The Bertz CT molecular complexity index is 87.6. The maximum absolute atomic E-state index is 8.80. The lowest BCUT2D eigenvalue weighted by atomic mass is 10.00. The summed E-state index contributed by atoms with van der Waals surface area (Å²) in [5.74, 6) is 0.339. The summed E-state index contributed by atoms with van der Waals surface area (Å²) in [6.45, 7) is 1.75. The number of hydrogen-bond donors (Lipinski definition) is 2. The van der Waals surface area contributed by atoms with Crippen LogP contribution in [0.4, 0.5) is 0 Å². The van der Waals surface area contributed by atoms with Gasteiger partial charge in [-0.3, -0.25) is 0 Å². The molecule has 0 unspecified atom stereocenters. The Morgan fingerprint density at radius 3 is 3.00 bits per heavy atom. The Morgan fingerprint density at radius 1 is 1.60 bits per heavy atom. The molecule has 0 bridgehead atoms. The number of aliphatic hydroxyl groups is 1. The Hall–Kier alpha value is -0.120. The lowest BCUT2D eigenvalue weighted by Crippen LogP contribution is -2.39. The van der Waals surface area contributed by atoms with E-state index in [-0.39, 0.29) is 6.61 Å². The molecule has 2 atom stereocenters. The number of aliphatic hydroxyl groups excluding tert-OH is 1. The zero-order chi connectivity index (χ0) is 7.40. The maximum atomic E-state index is 8.80. The van der Waals surface area contributed by atoms with Gasteiger partial charge in [-0.25, -0.2) is 0 Å². The van der Waals surface area contributed by atoms with Crippen molar-refractivity contribution in [3.63, 3.8) is 0 Å². The number of likely N-dealkylation sites (N-methyl/N-ethyl adjacent to an activating group) is 1. The van der Waals surface area contributed by atoms with Crippen molar-refractivity contribution >= 4 is 0 Å². The molecule has 3 nitrogen and oxygen atoms in total. The van der Waals surface area contributed by atoms with E-state index in [9.17, 15) is 0 Å². The van der Waals surface area contributed by atoms with Crippen molar-refractivity contribution in [2.24, 2.45) is 5.92 Å². The Kier molecular flexibility index (Phi) is 3.12. The first-order valence-corrected chi connectivity index (χ1v) is 3.72. The second kappa shape index (κ2) is 3.91. The van der Waals surface area contributed by atoms with E-state index in [0.29, 0.717) is 18.6 Å². The van der Waals surface area contributed by atoms with Crippen LogP contribution in [0.2, 0.25) is 0 Å². The molecule has 0 aromatic carbocycles. The zero-order valence-electron chi connectivity index (χ0n) is 6.34. The quantitative estimate of drug-likeness (QED) is 0.555. The topological polar surface area (TPSA) is 41.5 Å². The summed E-state index contributed by atoms with van der Waals surface area (Å²) >= 11 is 0. The van der Waals surface area contributed by atoms with E-state index in [0.717, 1.165) is 13.0 Å². The largest absolute Gasteiger partial charge is 0.396 e. The van der Waals surface area contributed by atoms with Gasteiger partial charge in [-0.05, 0) is 13.5 Å². The molecule has 60 valence electrons. The minimum atomic E-state index is 0.248. The van der Waals surface area contributed by atoms with E-state index in [1.165, 1.54) is 0 Å². The van der Waals surface area contributed by atoms with Gasteiger partial charge < -0.3 is 15.2 Å². The monoisotopic (exact) mass is 145 g/mol. The SMILES string of the molecule is CN[C@@H]1COC[C@@H](CO)C1. The van der Waals surface area contributed by atoms with Crippen LogP contribution in [-0.2, 0) is 4.74 Å². The summed E-state index contributed by atoms with van der Waals surface area (Å²) in [6, 6.07) is 0.436. The Morgan fingerprint density at radius 2 is 2.40 bits per heavy atom. The van der Waals surface area contributed by atoms with E-state index >= 15 is 0 Å². The minimum Gasteiger partial charge on any atom is -0.396 e. The van der Waals surface area contributed by atoms with Crippen LogP contribution in [0.1, 0.15) is 6.42 Å². The maximum Gasteiger partial charge on any atom is 0.0619 e. The highest BCUT2D eigenvalue weighted by Crippen LogP contribution is 2.12. The summed E-state index contributed by atoms with van der Waals surface area (Å²) in [7, 11) is 1.92. The van der Waals surface area contributed by atoms with Gasteiger partial charge in [0.2, 0.25) is 0 Å². The molecular weight excluding hydrogens is 130 g/mol. The Labute approximate surface area is 61.4 Å². The van der Waals surface area contributed by atoms with Crippen LogP contribution in [-0.4, -0.2) is 38.0 Å². The molecule has 0 aromatic rings. The Balaban J connectivity index is 2.25. The molecule has 3 heteroatoms. The van der Waals surface area contributed by atoms with Crippen molar-refractivity contribution in [1.29, 1.82) is 0 Å². The van der Waals surface area contributed by atoms with Crippen LogP contribution in [0, 0.1) is 5.92 Å². The second-order valence-electron chi connectivity index (χ2n) is 2.81. The second-order valence-corrected chi connectivity index (χ2v) is 2.81. The molecule has 0 spiro atoms. The van der Waals surface area contributed by atoms with E-state index in [1.807, 2.05) is 7.05 Å². The van der Waals surface area contributed by atoms with Gasteiger partial charge >= 0.3 is 0 Å². The van der Waals surface area contributed by atoms with Crippen molar-refractivity contribution in [2.75, 3.05) is 26.9 Å². The van der Waals surface area contributed by atoms with Crippen LogP contribution in [0.3, 0.4) is 0 Å². The van der Waals surface area contributed by atoms with E-state index in [2.05, 4.69) is 5.32 Å². The van der Waals surface area contributed by atoms with Crippen molar-refractivity contribution in [1.82, 2.24) is 5.32 Å². The number of rotatable bonds is 2. The summed E-state index contributed by atoms with van der Waals surface area (Å²) in [6.07, 6.45) is 1.03. The minimum absolute atomic E-state index is 0.248. The van der Waals surface area contributed by atoms with Crippen molar-refractivity contribution < 1.29 is 9.84 Å². The van der Waals surface area contributed by atoms with Crippen molar-refractivity contribution in [3.05, 3.63) is 0 Å². The first kappa shape index (κ1) is 7.98. The molecule has 1 heterocycles. The van der Waals surface area contributed by atoms with Crippen LogP contribution in [0.5, 0.6) is 0 Å². The van der Waals surface area contributed by atoms with Crippen LogP contribution < -0.4 is 5.32 Å². The molecule has 2 N–H and O–H groups in total. The number of ether oxygens (including phenoxy) is 1. The van der Waals surface area contributed by atoms with Gasteiger partial charge in [0.25, 0.3) is 0 Å². The normalized spacial score (nSPS) is 34.2. The van der Waals surface area contributed by atoms with Gasteiger partial charge in [-0.2, -0.15) is 0 Å². The fourth-order valence-corrected chi connectivity index (χ4v) is 1.24. The molecule has 0 saturated carbocycles. The van der Waals surface area contributed by atoms with Gasteiger partial charge in [0.05, 0.1) is 13.2 Å². The third-order valence-corrected chi connectivity index (χ3v) is 1.96. The molecule has 0 aromatic heterocycles. The lowest BCUT2D eigenvalue weighted by molar-refractivity contribution is 0.0115. The van der Waals surface area contributed by atoms with Crippen molar-refractivity contribution in [2.45, 2.75) is 12.5 Å². The molecule has 1 fully saturated rings. The van der Waals surface area contributed by atoms with E-state index in [4.69, 9.17) is 9.84 Å². The summed E-state index contributed by atoms with van der Waals surface area (Å²) in [5, 5.41) is 11.9. The molecule has 1 rings (SSSR count). The first-order chi connectivity index (χ1) is 4.86. The predicted molar refractivity (Wildman–Crippen MR) is 38.9 cm³/mol. The van der Waals surface area contributed by atoms with E-state index < -0.39 is 0 Å². The summed E-state index contributed by atoms with van der Waals surface area (Å²) < 4.78 is 5.25. The van der Waals surface area contributed by atoms with Gasteiger partial charge in [0, 0.05) is 18.6 Å². The highest BCUT2D eigenvalue weighted by molar-refractivity contribution is 4.73. The molecule has 0 radical (unpaired) electrons. The lowest BCUT2D eigenvalue weighted by Gasteiger charge is -2.27. The van der Waals surface area contributed by atoms with Gasteiger partial charge in [-0.1, -0.05) is 0 Å². The molecular formula is C7H15NO2. The molecule has 1 saturated heterocycles. The number of nitrogens with one attached hydrogen (secondary N) is 1. The smallest absolute Gasteiger partial charge is 0.0619 e. The molecule has 1 aliphatic heterocycles. The van der Waals surface area contributed by atoms with Crippen LogP contribution in [0.15, 0.2) is 0 Å². The average Bonchev–Trinajstić information content (AvgIpc) is 2.05. The fraction of sp³-hybridized carbons (Fsp3) is 1.00. The molecule has 0 aliphatic carbocycles. The summed E-state index contributed by atoms with van der Waals surface area (Å²) in [5.41, 5.74) is 0. The molecule has 10 heavy (non-hydrogen) atoms. The fourth-order valence-electron chi connectivity index (χ4n) is 1.24. The van der Waals surface area contributed by atoms with Crippen molar-refractivity contribution in [3.8, 4) is 0 Å². The highest BCUT2D eigenvalue weighted by atomic mass is 16.5. The third kappa shape index (κ3) is 1.94. The van der Waals surface area contributed by atoms with Gasteiger partial charge in [-0.15, -0.1) is 0 Å². The average molecular weight is 145 g/mol. The van der Waals surface area contributed by atoms with Crippen LogP contribution >= 0.6 is 0 Å². The standard InChI is InChI=1S/C7H15NO2/c1-8-7-2-6(3-9)4-10-5-7/h6-9H,2-5H2,1H3/t6-,7+/m1/s1. The molecule has 0 amide bonds. The van der Waals surface area contributed by atoms with E-state index in [1.54, 1.807) is 0 Å². The molecule has 1 aliphatic rings. The van der Waals surface area contributed by atoms with Gasteiger partial charge in [0.1, 0.15) is 0 Å². The number of hydrogen-bond acceptors (Lipinski definition) is 3. The van der Waals surface area contributed by atoms with Gasteiger partial charge in [0.15, 0.2) is 0 Å². The third-order valence-electron chi connectivity index (χ3n) is 1.96. The predicted octanol–water partition coefficient (Wildman–Crippen LogP) is -0.397. The highest BCUT2D eigenvalue weighted by Gasteiger charge is 2.19. The van der Waals surface area contributed by atoms with Crippen LogP contribution in [0.25, 0.3) is 0 Å².